The summed E-state index contributed by atoms with van der Waals surface area (Å²) in [7, 11) is 2.98. The smallest absolute Gasteiger partial charge is 0.340 e. The van der Waals surface area contributed by atoms with Crippen molar-refractivity contribution in [1.29, 1.82) is 0 Å². The number of anilines is 1. The highest BCUT2D eigenvalue weighted by atomic mass is 16.5. The van der Waals surface area contributed by atoms with Gasteiger partial charge < -0.3 is 19.7 Å². The first-order valence-electron chi connectivity index (χ1n) is 7.74. The maximum Gasteiger partial charge on any atom is 0.340 e. The quantitative estimate of drug-likeness (QED) is 0.751. The van der Waals surface area contributed by atoms with Crippen molar-refractivity contribution in [2.75, 3.05) is 32.6 Å². The van der Waals surface area contributed by atoms with E-state index in [-0.39, 0.29) is 18.0 Å². The number of hydrogen-bond donors (Lipinski definition) is 1. The monoisotopic (exact) mass is 357 g/mol. The maximum atomic E-state index is 12.0. The number of rotatable bonds is 7. The Morgan fingerprint density at radius 1 is 1.19 bits per heavy atom. The molecule has 1 aromatic heterocycles. The number of carbonyl (C=O) groups excluding carboxylic acids is 3. The van der Waals surface area contributed by atoms with Gasteiger partial charge in [0.1, 0.15) is 5.75 Å². The molecular weight excluding hydrogens is 338 g/mol. The third-order valence-corrected chi connectivity index (χ3v) is 3.38. The number of carbonyl (C=O) groups is 3. The predicted molar refractivity (Wildman–Crippen MR) is 93.8 cm³/mol. The topological polar surface area (TPSA) is 97.8 Å². The Balaban J connectivity index is 1.80. The summed E-state index contributed by atoms with van der Waals surface area (Å²) in [6, 6.07) is 9.98. The van der Waals surface area contributed by atoms with Crippen molar-refractivity contribution in [3.63, 3.8) is 0 Å². The highest BCUT2D eigenvalue weighted by molar-refractivity contribution is 5.95. The minimum absolute atomic E-state index is 0.180. The molecule has 136 valence electrons. The molecule has 26 heavy (non-hydrogen) atoms. The van der Waals surface area contributed by atoms with Gasteiger partial charge in [0.05, 0.1) is 19.2 Å². The largest absolute Gasteiger partial charge is 0.497 e. The van der Waals surface area contributed by atoms with E-state index in [1.165, 1.54) is 37.5 Å². The first-order valence-corrected chi connectivity index (χ1v) is 7.74. The number of pyridine rings is 1. The summed E-state index contributed by atoms with van der Waals surface area (Å²) in [6.07, 6.45) is 2.87. The third-order valence-electron chi connectivity index (χ3n) is 3.38. The number of amides is 2. The van der Waals surface area contributed by atoms with Crippen LogP contribution in [0.1, 0.15) is 10.4 Å². The summed E-state index contributed by atoms with van der Waals surface area (Å²) in [4.78, 5) is 40.8. The Bertz CT molecular complexity index is 779. The molecule has 8 nitrogen and oxygen atoms in total. The second-order valence-corrected chi connectivity index (χ2v) is 5.35. The highest BCUT2D eigenvalue weighted by Gasteiger charge is 2.16. The first-order chi connectivity index (χ1) is 12.5. The summed E-state index contributed by atoms with van der Waals surface area (Å²) in [5.41, 5.74) is 0.803. The minimum atomic E-state index is -0.652. The lowest BCUT2D eigenvalue weighted by atomic mass is 10.3. The molecule has 0 saturated carbocycles. The first kappa shape index (κ1) is 18.9. The molecule has 0 radical (unpaired) electrons. The van der Waals surface area contributed by atoms with E-state index in [1.54, 1.807) is 30.3 Å². The van der Waals surface area contributed by atoms with E-state index < -0.39 is 18.5 Å². The average molecular weight is 357 g/mol. The summed E-state index contributed by atoms with van der Waals surface area (Å²) in [5.74, 6) is -0.925. The van der Waals surface area contributed by atoms with Crippen LogP contribution in [0.5, 0.6) is 5.75 Å². The van der Waals surface area contributed by atoms with E-state index in [9.17, 15) is 14.4 Å². The lowest BCUT2D eigenvalue weighted by Gasteiger charge is -2.17. The molecular formula is C18H19N3O5. The number of methoxy groups -OCH3 is 1. The second kappa shape index (κ2) is 9.16. The van der Waals surface area contributed by atoms with Crippen molar-refractivity contribution in [2.24, 2.45) is 0 Å². The fourth-order valence-electron chi connectivity index (χ4n) is 2.01. The number of nitrogens with zero attached hydrogens (tertiary/aromatic N) is 2. The van der Waals surface area contributed by atoms with E-state index in [0.717, 1.165) is 0 Å². The Kier molecular flexibility index (Phi) is 6.67. The molecule has 0 fully saturated rings. The number of aromatic nitrogens is 1. The van der Waals surface area contributed by atoms with Gasteiger partial charge in [-0.05, 0) is 24.3 Å². The normalized spacial score (nSPS) is 9.92. The standard InChI is InChI=1S/C18H19N3O5/c1-21(11-16(22)20-14-6-3-7-15(9-14)25-2)17(23)12-26-18(24)13-5-4-8-19-10-13/h3-10H,11-12H2,1-2H3,(H,20,22). The van der Waals surface area contributed by atoms with Crippen molar-refractivity contribution < 1.29 is 23.9 Å². The Hall–Kier alpha value is -3.42. The summed E-state index contributed by atoms with van der Waals surface area (Å²) >= 11 is 0. The average Bonchev–Trinajstić information content (AvgIpc) is 2.66. The number of likely N-dealkylation sites (N-methyl/N-ethyl adjacent to an activating group) is 1. The van der Waals surface area contributed by atoms with Crippen LogP contribution in [0.15, 0.2) is 48.8 Å². The van der Waals surface area contributed by atoms with E-state index in [0.29, 0.717) is 11.4 Å². The number of hydrogen-bond acceptors (Lipinski definition) is 6. The molecule has 1 N–H and O–H groups in total. The van der Waals surface area contributed by atoms with Crippen LogP contribution in [0.25, 0.3) is 0 Å². The fourth-order valence-corrected chi connectivity index (χ4v) is 2.01. The molecule has 0 unspecified atom stereocenters. The lowest BCUT2D eigenvalue weighted by molar-refractivity contribution is -0.136. The van der Waals surface area contributed by atoms with E-state index in [1.807, 2.05) is 0 Å². The Morgan fingerprint density at radius 2 is 2.00 bits per heavy atom. The van der Waals surface area contributed by atoms with E-state index >= 15 is 0 Å². The number of esters is 1. The van der Waals surface area contributed by atoms with Gasteiger partial charge in [-0.15, -0.1) is 0 Å². The van der Waals surface area contributed by atoms with Gasteiger partial charge in [0.15, 0.2) is 6.61 Å². The highest BCUT2D eigenvalue weighted by Crippen LogP contribution is 2.16. The van der Waals surface area contributed by atoms with Crippen molar-refractivity contribution in [3.05, 3.63) is 54.4 Å². The van der Waals surface area contributed by atoms with Crippen molar-refractivity contribution in [1.82, 2.24) is 9.88 Å². The number of nitrogens with one attached hydrogen (secondary N) is 1. The van der Waals surface area contributed by atoms with Crippen molar-refractivity contribution in [2.45, 2.75) is 0 Å². The Labute approximate surface area is 150 Å². The molecule has 0 atom stereocenters. The maximum absolute atomic E-state index is 12.0. The van der Waals surface area contributed by atoms with Gasteiger partial charge >= 0.3 is 5.97 Å². The fraction of sp³-hybridized carbons (Fsp3) is 0.222. The van der Waals surface area contributed by atoms with Crippen LogP contribution in [0.4, 0.5) is 5.69 Å². The van der Waals surface area contributed by atoms with Gasteiger partial charge in [-0.1, -0.05) is 6.07 Å². The van der Waals surface area contributed by atoms with Gasteiger partial charge in [-0.3, -0.25) is 14.6 Å². The van der Waals surface area contributed by atoms with Crippen molar-refractivity contribution >= 4 is 23.5 Å². The van der Waals surface area contributed by atoms with Gasteiger partial charge in [0.25, 0.3) is 5.91 Å². The molecule has 0 aliphatic carbocycles. The third kappa shape index (κ3) is 5.59. The molecule has 2 rings (SSSR count). The van der Waals surface area contributed by atoms with Crippen LogP contribution >= 0.6 is 0 Å². The van der Waals surface area contributed by atoms with Crippen LogP contribution in [0.2, 0.25) is 0 Å². The summed E-state index contributed by atoms with van der Waals surface area (Å²) < 4.78 is 10.0. The molecule has 1 heterocycles. The van der Waals surface area contributed by atoms with E-state index in [4.69, 9.17) is 9.47 Å². The van der Waals surface area contributed by atoms with Crippen LogP contribution in [-0.2, 0) is 14.3 Å². The van der Waals surface area contributed by atoms with Gasteiger partial charge in [-0.25, -0.2) is 4.79 Å². The zero-order chi connectivity index (χ0) is 18.9. The zero-order valence-corrected chi connectivity index (χ0v) is 14.5. The molecule has 8 heteroatoms. The molecule has 2 amide bonds. The van der Waals surface area contributed by atoms with Gasteiger partial charge in [0, 0.05) is 31.2 Å². The molecule has 0 saturated heterocycles. The second-order valence-electron chi connectivity index (χ2n) is 5.35. The number of ether oxygens (including phenoxy) is 2. The van der Waals surface area contributed by atoms with Crippen LogP contribution in [-0.4, -0.2) is 55.0 Å². The molecule has 1 aromatic carbocycles. The molecule has 2 aromatic rings. The molecule has 0 bridgehead atoms. The van der Waals surface area contributed by atoms with Crippen LogP contribution in [0.3, 0.4) is 0 Å². The van der Waals surface area contributed by atoms with Gasteiger partial charge in [-0.2, -0.15) is 0 Å². The molecule has 0 aliphatic rings. The van der Waals surface area contributed by atoms with E-state index in [2.05, 4.69) is 10.3 Å². The SMILES string of the molecule is COc1cccc(NC(=O)CN(C)C(=O)COC(=O)c2cccnc2)c1. The molecule has 0 aliphatic heterocycles. The minimum Gasteiger partial charge on any atom is -0.497 e. The van der Waals surface area contributed by atoms with Crippen LogP contribution < -0.4 is 10.1 Å². The van der Waals surface area contributed by atoms with Gasteiger partial charge in [0.2, 0.25) is 5.91 Å². The van der Waals surface area contributed by atoms with Crippen LogP contribution in [0, 0.1) is 0 Å². The van der Waals surface area contributed by atoms with Crippen molar-refractivity contribution in [3.8, 4) is 5.75 Å². The summed E-state index contributed by atoms with van der Waals surface area (Å²) in [6.45, 7) is -0.642. The number of benzene rings is 1. The predicted octanol–water partition coefficient (Wildman–Crippen LogP) is 1.34. The zero-order valence-electron chi connectivity index (χ0n) is 14.5. The Morgan fingerprint density at radius 3 is 2.69 bits per heavy atom. The summed E-state index contributed by atoms with van der Waals surface area (Å²) in [5, 5.41) is 2.66. The lowest BCUT2D eigenvalue weighted by Crippen LogP contribution is -2.37. The molecule has 0 spiro atoms.